The summed E-state index contributed by atoms with van der Waals surface area (Å²) < 4.78 is 6.25. The van der Waals surface area contributed by atoms with Gasteiger partial charge in [0.2, 0.25) is 0 Å². The fourth-order valence-corrected chi connectivity index (χ4v) is 3.19. The van der Waals surface area contributed by atoms with Gasteiger partial charge in [-0.25, -0.2) is 0 Å². The van der Waals surface area contributed by atoms with Crippen LogP contribution in [0.1, 0.15) is 16.1 Å². The molecule has 100 valence electrons. The molecular weight excluding hydrogens is 316 g/mol. The van der Waals surface area contributed by atoms with Crippen LogP contribution in [0.5, 0.6) is 0 Å². The van der Waals surface area contributed by atoms with Gasteiger partial charge in [-0.1, -0.05) is 0 Å². The molecule has 0 aromatic carbocycles. The predicted molar refractivity (Wildman–Crippen MR) is 76.2 cm³/mol. The highest BCUT2D eigenvalue weighted by molar-refractivity contribution is 9.10. The molecular formula is C12H17BrN2O2S. The standard InChI is InChI=1S/C12H17BrN2O2S/c13-10-8-11(18-9-10)12(16)14-2-1-3-15-4-6-17-7-5-15/h8-9H,1-7H2,(H,14,16). The lowest BCUT2D eigenvalue weighted by molar-refractivity contribution is 0.0374. The van der Waals surface area contributed by atoms with E-state index in [0.29, 0.717) is 0 Å². The SMILES string of the molecule is O=C(NCCCN1CCOCC1)c1cc(Br)cs1. The number of nitrogens with zero attached hydrogens (tertiary/aromatic N) is 1. The molecule has 0 spiro atoms. The van der Waals surface area contributed by atoms with Crippen molar-refractivity contribution in [2.75, 3.05) is 39.4 Å². The lowest BCUT2D eigenvalue weighted by Gasteiger charge is -2.26. The molecule has 1 aromatic rings. The molecule has 1 amide bonds. The Balaban J connectivity index is 1.61. The Hall–Kier alpha value is -0.430. The number of carbonyl (C=O) groups is 1. The zero-order valence-electron chi connectivity index (χ0n) is 10.2. The average Bonchev–Trinajstić information content (AvgIpc) is 2.82. The topological polar surface area (TPSA) is 41.6 Å². The van der Waals surface area contributed by atoms with Gasteiger partial charge in [0.05, 0.1) is 18.1 Å². The summed E-state index contributed by atoms with van der Waals surface area (Å²) in [6, 6.07) is 1.85. The van der Waals surface area contributed by atoms with E-state index in [1.54, 1.807) is 0 Å². The van der Waals surface area contributed by atoms with Crippen LogP contribution in [0.15, 0.2) is 15.9 Å². The molecule has 2 rings (SSSR count). The van der Waals surface area contributed by atoms with Crippen LogP contribution in [0.3, 0.4) is 0 Å². The summed E-state index contributed by atoms with van der Waals surface area (Å²) in [5, 5.41) is 4.86. The first-order valence-electron chi connectivity index (χ1n) is 6.08. The van der Waals surface area contributed by atoms with Crippen LogP contribution in [-0.2, 0) is 4.74 Å². The summed E-state index contributed by atoms with van der Waals surface area (Å²) in [5.41, 5.74) is 0. The first-order chi connectivity index (χ1) is 8.75. The molecule has 0 aliphatic carbocycles. The molecule has 0 bridgehead atoms. The van der Waals surface area contributed by atoms with Crippen molar-refractivity contribution >= 4 is 33.2 Å². The van der Waals surface area contributed by atoms with Crippen molar-refractivity contribution in [3.63, 3.8) is 0 Å². The molecule has 4 nitrogen and oxygen atoms in total. The zero-order chi connectivity index (χ0) is 12.8. The van der Waals surface area contributed by atoms with Crippen LogP contribution < -0.4 is 5.32 Å². The lowest BCUT2D eigenvalue weighted by Crippen LogP contribution is -2.38. The van der Waals surface area contributed by atoms with E-state index < -0.39 is 0 Å². The van der Waals surface area contributed by atoms with E-state index >= 15 is 0 Å². The summed E-state index contributed by atoms with van der Waals surface area (Å²) in [4.78, 5) is 14.9. The molecule has 1 aromatic heterocycles. The van der Waals surface area contributed by atoms with Crippen molar-refractivity contribution in [1.29, 1.82) is 0 Å². The molecule has 0 atom stereocenters. The van der Waals surface area contributed by atoms with E-state index in [4.69, 9.17) is 4.74 Å². The highest BCUT2D eigenvalue weighted by atomic mass is 79.9. The molecule has 1 saturated heterocycles. The summed E-state index contributed by atoms with van der Waals surface area (Å²) >= 11 is 4.80. The third-order valence-electron chi connectivity index (χ3n) is 2.83. The Kier molecular flexibility index (Phi) is 5.62. The Morgan fingerprint density at radius 1 is 1.50 bits per heavy atom. The zero-order valence-corrected chi connectivity index (χ0v) is 12.6. The van der Waals surface area contributed by atoms with Crippen LogP contribution in [0.2, 0.25) is 0 Å². The maximum absolute atomic E-state index is 11.8. The number of halogens is 1. The second-order valence-corrected chi connectivity index (χ2v) is 6.02. The van der Waals surface area contributed by atoms with E-state index in [9.17, 15) is 4.79 Å². The van der Waals surface area contributed by atoms with Gasteiger partial charge in [0.15, 0.2) is 0 Å². The van der Waals surface area contributed by atoms with Crippen LogP contribution in [0, 0.1) is 0 Å². The number of nitrogens with one attached hydrogen (secondary N) is 1. The number of amides is 1. The van der Waals surface area contributed by atoms with Crippen LogP contribution in [0.25, 0.3) is 0 Å². The molecule has 6 heteroatoms. The highest BCUT2D eigenvalue weighted by Crippen LogP contribution is 2.19. The number of morpholine rings is 1. The number of thiophene rings is 1. The quantitative estimate of drug-likeness (QED) is 0.838. The number of rotatable bonds is 5. The molecule has 0 unspecified atom stereocenters. The predicted octanol–water partition coefficient (Wildman–Crippen LogP) is 1.96. The molecule has 1 N–H and O–H groups in total. The molecule has 18 heavy (non-hydrogen) atoms. The normalized spacial score (nSPS) is 16.7. The minimum Gasteiger partial charge on any atom is -0.379 e. The third kappa shape index (κ3) is 4.35. The molecule has 0 radical (unpaired) electrons. The van der Waals surface area contributed by atoms with Gasteiger partial charge >= 0.3 is 0 Å². The van der Waals surface area contributed by atoms with Crippen molar-refractivity contribution in [2.45, 2.75) is 6.42 Å². The number of hydrogen-bond donors (Lipinski definition) is 1. The summed E-state index contributed by atoms with van der Waals surface area (Å²) in [7, 11) is 0. The fraction of sp³-hybridized carbons (Fsp3) is 0.583. The molecule has 2 heterocycles. The van der Waals surface area contributed by atoms with E-state index in [1.165, 1.54) is 11.3 Å². The van der Waals surface area contributed by atoms with E-state index in [0.717, 1.165) is 55.2 Å². The summed E-state index contributed by atoms with van der Waals surface area (Å²) in [6.07, 6.45) is 0.984. The van der Waals surface area contributed by atoms with Gasteiger partial charge < -0.3 is 10.1 Å². The number of ether oxygens (including phenoxy) is 1. The largest absolute Gasteiger partial charge is 0.379 e. The first-order valence-corrected chi connectivity index (χ1v) is 7.75. The van der Waals surface area contributed by atoms with Gasteiger partial charge in [-0.15, -0.1) is 11.3 Å². The second kappa shape index (κ2) is 7.23. The van der Waals surface area contributed by atoms with Gasteiger partial charge in [0, 0.05) is 29.5 Å². The van der Waals surface area contributed by atoms with E-state index in [2.05, 4.69) is 26.1 Å². The minimum atomic E-state index is 0.0210. The molecule has 1 fully saturated rings. The van der Waals surface area contributed by atoms with Crippen molar-refractivity contribution in [2.24, 2.45) is 0 Å². The van der Waals surface area contributed by atoms with E-state index in [1.807, 2.05) is 11.4 Å². The average molecular weight is 333 g/mol. The van der Waals surface area contributed by atoms with Gasteiger partial charge in [0.25, 0.3) is 5.91 Å². The first kappa shape index (κ1) is 14.0. The molecule has 1 aliphatic heterocycles. The van der Waals surface area contributed by atoms with Crippen LogP contribution >= 0.6 is 27.3 Å². The lowest BCUT2D eigenvalue weighted by atomic mass is 10.3. The Morgan fingerprint density at radius 3 is 2.94 bits per heavy atom. The van der Waals surface area contributed by atoms with Gasteiger partial charge in [-0.2, -0.15) is 0 Å². The van der Waals surface area contributed by atoms with Crippen molar-refractivity contribution in [1.82, 2.24) is 10.2 Å². The summed E-state index contributed by atoms with van der Waals surface area (Å²) in [6.45, 7) is 5.42. The van der Waals surface area contributed by atoms with Gasteiger partial charge in [-0.05, 0) is 35.0 Å². The third-order valence-corrected chi connectivity index (χ3v) is 4.52. The second-order valence-electron chi connectivity index (χ2n) is 4.19. The maximum Gasteiger partial charge on any atom is 0.261 e. The summed E-state index contributed by atoms with van der Waals surface area (Å²) in [5.74, 6) is 0.0210. The highest BCUT2D eigenvalue weighted by Gasteiger charge is 2.10. The maximum atomic E-state index is 11.8. The monoisotopic (exact) mass is 332 g/mol. The van der Waals surface area contributed by atoms with Crippen molar-refractivity contribution in [3.8, 4) is 0 Å². The molecule has 0 saturated carbocycles. The van der Waals surface area contributed by atoms with Gasteiger partial charge in [-0.3, -0.25) is 9.69 Å². The Bertz CT molecular complexity index is 391. The Labute approximate surface area is 119 Å². The van der Waals surface area contributed by atoms with Gasteiger partial charge in [0.1, 0.15) is 0 Å². The number of hydrogen-bond acceptors (Lipinski definition) is 4. The number of carbonyl (C=O) groups excluding carboxylic acids is 1. The van der Waals surface area contributed by atoms with Crippen LogP contribution in [0.4, 0.5) is 0 Å². The Morgan fingerprint density at radius 2 is 2.28 bits per heavy atom. The van der Waals surface area contributed by atoms with Crippen molar-refractivity contribution in [3.05, 3.63) is 20.8 Å². The molecule has 1 aliphatic rings. The van der Waals surface area contributed by atoms with Crippen LogP contribution in [-0.4, -0.2) is 50.2 Å². The van der Waals surface area contributed by atoms with Crippen molar-refractivity contribution < 1.29 is 9.53 Å². The minimum absolute atomic E-state index is 0.0210. The fourth-order valence-electron chi connectivity index (χ4n) is 1.85. The van der Waals surface area contributed by atoms with E-state index in [-0.39, 0.29) is 5.91 Å². The smallest absolute Gasteiger partial charge is 0.261 e.